The molecular formula is C21H16F6N4O3. The zero-order valence-electron chi connectivity index (χ0n) is 17.6. The number of nitrogens with one attached hydrogen (secondary N) is 1. The summed E-state index contributed by atoms with van der Waals surface area (Å²) < 4.78 is 86.1. The van der Waals surface area contributed by atoms with Crippen LogP contribution in [-0.4, -0.2) is 34.7 Å². The van der Waals surface area contributed by atoms with Crippen molar-refractivity contribution < 1.29 is 40.6 Å². The fraction of sp³-hybridized carbons (Fsp3) is 0.286. The van der Waals surface area contributed by atoms with E-state index in [9.17, 15) is 36.4 Å². The second-order valence-electron chi connectivity index (χ2n) is 7.37. The van der Waals surface area contributed by atoms with E-state index in [-0.39, 0.29) is 28.9 Å². The van der Waals surface area contributed by atoms with Gasteiger partial charge in [0.25, 0.3) is 5.91 Å². The summed E-state index contributed by atoms with van der Waals surface area (Å²) in [5.41, 5.74) is -2.61. The average Bonchev–Trinajstić information content (AvgIpc) is 3.08. The number of ether oxygens (including phenoxy) is 2. The number of rotatable bonds is 6. The topological polar surface area (TPSA) is 89.2 Å². The number of carbonyl (C=O) groups is 1. The van der Waals surface area contributed by atoms with Gasteiger partial charge in [-0.2, -0.15) is 23.5 Å². The van der Waals surface area contributed by atoms with Gasteiger partial charge in [-0.25, -0.2) is 4.68 Å². The van der Waals surface area contributed by atoms with Gasteiger partial charge in [0.05, 0.1) is 36.2 Å². The molecule has 34 heavy (non-hydrogen) atoms. The third-order valence-electron chi connectivity index (χ3n) is 4.66. The maximum Gasteiger partial charge on any atom is 0.573 e. The van der Waals surface area contributed by atoms with Crippen LogP contribution in [0.3, 0.4) is 0 Å². The van der Waals surface area contributed by atoms with Gasteiger partial charge in [-0.3, -0.25) is 4.79 Å². The summed E-state index contributed by atoms with van der Waals surface area (Å²) in [6.07, 6.45) is -9.47. The van der Waals surface area contributed by atoms with E-state index in [1.807, 2.05) is 6.07 Å². The highest BCUT2D eigenvalue weighted by molar-refractivity contribution is 5.95. The zero-order valence-corrected chi connectivity index (χ0v) is 17.6. The van der Waals surface area contributed by atoms with Crippen LogP contribution in [0.5, 0.6) is 11.6 Å². The van der Waals surface area contributed by atoms with E-state index in [0.29, 0.717) is 0 Å². The van der Waals surface area contributed by atoms with Crippen LogP contribution in [0.25, 0.3) is 10.9 Å². The molecule has 0 bridgehead atoms. The molecule has 0 aliphatic heterocycles. The molecule has 0 aliphatic rings. The molecule has 1 amide bonds. The first-order valence-corrected chi connectivity index (χ1v) is 9.46. The van der Waals surface area contributed by atoms with Gasteiger partial charge >= 0.3 is 12.5 Å². The quantitative estimate of drug-likeness (QED) is 0.512. The van der Waals surface area contributed by atoms with Gasteiger partial charge in [-0.1, -0.05) is 0 Å². The van der Waals surface area contributed by atoms with E-state index >= 15 is 0 Å². The van der Waals surface area contributed by atoms with E-state index in [4.69, 9.17) is 4.74 Å². The molecule has 1 aromatic heterocycles. The predicted octanol–water partition coefficient (Wildman–Crippen LogP) is 4.67. The molecule has 3 rings (SSSR count). The molecule has 0 aliphatic carbocycles. The van der Waals surface area contributed by atoms with Crippen LogP contribution in [0.2, 0.25) is 0 Å². The normalized spacial score (nSPS) is 13.7. The van der Waals surface area contributed by atoms with Crippen LogP contribution < -0.4 is 14.8 Å². The number of carbonyl (C=O) groups excluding carboxylic acids is 1. The molecule has 2 aromatic carbocycles. The Hall–Kier alpha value is -3.95. The van der Waals surface area contributed by atoms with Gasteiger partial charge in [-0.15, -0.1) is 13.2 Å². The lowest BCUT2D eigenvalue weighted by molar-refractivity contribution is -0.274. The van der Waals surface area contributed by atoms with Crippen molar-refractivity contribution in [1.82, 2.24) is 15.1 Å². The first kappa shape index (κ1) is 24.7. The molecule has 1 N–H and O–H groups in total. The van der Waals surface area contributed by atoms with E-state index < -0.39 is 35.3 Å². The molecule has 0 fully saturated rings. The maximum atomic E-state index is 13.0. The second-order valence-corrected chi connectivity index (χ2v) is 7.37. The van der Waals surface area contributed by atoms with Gasteiger partial charge in [0.1, 0.15) is 11.3 Å². The molecule has 1 heterocycles. The van der Waals surface area contributed by atoms with E-state index in [0.717, 1.165) is 41.1 Å². The van der Waals surface area contributed by atoms with E-state index in [2.05, 4.69) is 15.2 Å². The van der Waals surface area contributed by atoms with Crippen LogP contribution in [0.15, 0.2) is 42.5 Å². The third-order valence-corrected chi connectivity index (χ3v) is 4.66. The highest BCUT2D eigenvalue weighted by Gasteiger charge is 2.33. The Bertz CT molecular complexity index is 1240. The van der Waals surface area contributed by atoms with Crippen LogP contribution in [-0.2, 0) is 12.7 Å². The zero-order chi connectivity index (χ0) is 25.3. The first-order valence-electron chi connectivity index (χ1n) is 9.46. The maximum absolute atomic E-state index is 13.0. The van der Waals surface area contributed by atoms with Crippen molar-refractivity contribution >= 4 is 16.8 Å². The van der Waals surface area contributed by atoms with Crippen molar-refractivity contribution in [1.29, 1.82) is 5.26 Å². The van der Waals surface area contributed by atoms with Gasteiger partial charge in [-0.05, 0) is 49.4 Å². The lowest BCUT2D eigenvalue weighted by atomic mass is 10.0. The van der Waals surface area contributed by atoms with Crippen LogP contribution in [0.4, 0.5) is 26.3 Å². The molecule has 13 heteroatoms. The largest absolute Gasteiger partial charge is 0.573 e. The number of methoxy groups -OCH3 is 1. The fourth-order valence-electron chi connectivity index (χ4n) is 3.14. The first-order chi connectivity index (χ1) is 15.7. The smallest absolute Gasteiger partial charge is 0.481 e. The van der Waals surface area contributed by atoms with Crippen LogP contribution >= 0.6 is 0 Å². The molecular weight excluding hydrogens is 470 g/mol. The summed E-state index contributed by atoms with van der Waals surface area (Å²) >= 11 is 0. The standard InChI is InChI=1S/C21H16F6N4O3/c1-19(10-28,29-17(32)12-3-6-14(7-4-12)34-21(25,26)27)11-31-18(33-2)15-8-5-13(20(22,23)24)9-16(15)30-31/h3-9H,11H2,1-2H3,(H,29,32). The molecule has 1 unspecified atom stereocenters. The summed E-state index contributed by atoms with van der Waals surface area (Å²) in [6.45, 7) is 1.04. The van der Waals surface area contributed by atoms with Crippen LogP contribution in [0.1, 0.15) is 22.8 Å². The number of hydrogen-bond donors (Lipinski definition) is 1. The summed E-state index contributed by atoms with van der Waals surface area (Å²) in [7, 11) is 1.28. The molecule has 0 saturated carbocycles. The number of amides is 1. The van der Waals surface area contributed by atoms with Gasteiger partial charge < -0.3 is 14.8 Å². The Kier molecular flexibility index (Phi) is 6.37. The van der Waals surface area contributed by atoms with Gasteiger partial charge in [0.15, 0.2) is 0 Å². The van der Waals surface area contributed by atoms with Crippen LogP contribution in [0, 0.1) is 11.3 Å². The molecule has 3 aromatic rings. The summed E-state index contributed by atoms with van der Waals surface area (Å²) in [5, 5.41) is 16.5. The van der Waals surface area contributed by atoms with Crippen molar-refractivity contribution in [2.75, 3.05) is 7.11 Å². The monoisotopic (exact) mass is 486 g/mol. The minimum absolute atomic E-state index is 0.0291. The molecule has 7 nitrogen and oxygen atoms in total. The Morgan fingerprint density at radius 1 is 1.12 bits per heavy atom. The van der Waals surface area contributed by atoms with Crippen molar-refractivity contribution in [3.8, 4) is 17.7 Å². The summed E-state index contributed by atoms with van der Waals surface area (Å²) in [4.78, 5) is 12.6. The Balaban J connectivity index is 1.84. The molecule has 180 valence electrons. The number of nitrogens with zero attached hydrogens (tertiary/aromatic N) is 3. The molecule has 0 saturated heterocycles. The number of hydrogen-bond acceptors (Lipinski definition) is 5. The number of benzene rings is 2. The Morgan fingerprint density at radius 2 is 1.76 bits per heavy atom. The number of aromatic nitrogens is 2. The lowest BCUT2D eigenvalue weighted by Gasteiger charge is -2.24. The minimum atomic E-state index is -4.89. The SMILES string of the molecule is COc1c2ccc(C(F)(F)F)cc2nn1CC(C)(C#N)NC(=O)c1ccc(OC(F)(F)F)cc1. The Labute approximate surface area is 188 Å². The Morgan fingerprint density at radius 3 is 2.29 bits per heavy atom. The molecule has 0 radical (unpaired) electrons. The van der Waals surface area contributed by atoms with Crippen molar-refractivity contribution in [3.63, 3.8) is 0 Å². The average molecular weight is 486 g/mol. The highest BCUT2D eigenvalue weighted by Crippen LogP contribution is 2.34. The fourth-order valence-corrected chi connectivity index (χ4v) is 3.14. The summed E-state index contributed by atoms with van der Waals surface area (Å²) in [5.74, 6) is -1.23. The molecule has 1 atom stereocenters. The number of alkyl halides is 6. The van der Waals surface area contributed by atoms with Crippen molar-refractivity contribution in [2.45, 2.75) is 31.5 Å². The van der Waals surface area contributed by atoms with Crippen molar-refractivity contribution in [2.24, 2.45) is 0 Å². The lowest BCUT2D eigenvalue weighted by Crippen LogP contribution is -2.48. The van der Waals surface area contributed by atoms with E-state index in [1.54, 1.807) is 0 Å². The highest BCUT2D eigenvalue weighted by atomic mass is 19.4. The predicted molar refractivity (Wildman–Crippen MR) is 106 cm³/mol. The number of nitriles is 1. The number of fused-ring (bicyclic) bond motifs is 1. The number of halogens is 6. The summed E-state index contributed by atoms with van der Waals surface area (Å²) in [6, 6.07) is 8.83. The third kappa shape index (κ3) is 5.51. The van der Waals surface area contributed by atoms with Gasteiger partial charge in [0, 0.05) is 5.56 Å². The molecule has 0 spiro atoms. The van der Waals surface area contributed by atoms with Crippen molar-refractivity contribution in [3.05, 3.63) is 53.6 Å². The van der Waals surface area contributed by atoms with E-state index in [1.165, 1.54) is 20.1 Å². The van der Waals surface area contributed by atoms with Gasteiger partial charge in [0.2, 0.25) is 5.88 Å². The minimum Gasteiger partial charge on any atom is -0.481 e. The second kappa shape index (κ2) is 8.77.